The summed E-state index contributed by atoms with van der Waals surface area (Å²) in [5, 5.41) is 3.61. The Morgan fingerprint density at radius 3 is 2.52 bits per heavy atom. The fourth-order valence-electron chi connectivity index (χ4n) is 3.96. The highest BCUT2D eigenvalue weighted by Crippen LogP contribution is 2.28. The van der Waals surface area contributed by atoms with Crippen LogP contribution in [-0.4, -0.2) is 65.1 Å². The van der Waals surface area contributed by atoms with Crippen molar-refractivity contribution in [1.82, 2.24) is 19.8 Å². The van der Waals surface area contributed by atoms with E-state index >= 15 is 0 Å². The topological polar surface area (TPSA) is 64.6 Å². The number of hydrogen-bond donors (Lipinski definition) is 1. The molecule has 2 aliphatic heterocycles. The van der Waals surface area contributed by atoms with Gasteiger partial charge in [0.2, 0.25) is 0 Å². The summed E-state index contributed by atoms with van der Waals surface area (Å²) < 4.78 is 0. The quantitative estimate of drug-likeness (QED) is 0.835. The Kier molecular flexibility index (Phi) is 5.87. The molecule has 0 atom stereocenters. The van der Waals surface area contributed by atoms with E-state index in [0.29, 0.717) is 18.1 Å². The van der Waals surface area contributed by atoms with Crippen molar-refractivity contribution in [2.24, 2.45) is 0 Å². The average Bonchev–Trinajstić information content (AvgIpc) is 2.74. The zero-order valence-corrected chi connectivity index (χ0v) is 17.7. The minimum absolute atomic E-state index is 0.111. The molecule has 0 aliphatic carbocycles. The first-order valence-corrected chi connectivity index (χ1v) is 10.6. The van der Waals surface area contributed by atoms with E-state index in [4.69, 9.17) is 16.6 Å². The molecule has 8 heteroatoms. The Morgan fingerprint density at radius 2 is 1.83 bits per heavy atom. The van der Waals surface area contributed by atoms with E-state index in [1.165, 1.54) is 0 Å². The van der Waals surface area contributed by atoms with Gasteiger partial charge in [0.15, 0.2) is 0 Å². The summed E-state index contributed by atoms with van der Waals surface area (Å²) >= 11 is 5.93. The molecule has 29 heavy (non-hydrogen) atoms. The predicted molar refractivity (Wildman–Crippen MR) is 116 cm³/mol. The summed E-state index contributed by atoms with van der Waals surface area (Å²) in [4.78, 5) is 28.9. The summed E-state index contributed by atoms with van der Waals surface area (Å²) in [5.74, 6) is 1.79. The molecular weight excluding hydrogens is 388 g/mol. The Balaban J connectivity index is 1.52. The smallest absolute Gasteiger partial charge is 0.322 e. The first-order chi connectivity index (χ1) is 14.0. The van der Waals surface area contributed by atoms with Crippen LogP contribution >= 0.6 is 11.6 Å². The zero-order valence-electron chi connectivity index (χ0n) is 17.0. The van der Waals surface area contributed by atoms with Crippen LogP contribution in [0.15, 0.2) is 24.3 Å². The van der Waals surface area contributed by atoms with Gasteiger partial charge in [-0.05, 0) is 37.7 Å². The Morgan fingerprint density at radius 1 is 1.10 bits per heavy atom. The highest BCUT2D eigenvalue weighted by Gasteiger charge is 2.28. The van der Waals surface area contributed by atoms with E-state index in [2.05, 4.69) is 27.0 Å². The molecule has 1 saturated heterocycles. The number of aryl methyl sites for hydroxylation is 1. The van der Waals surface area contributed by atoms with E-state index in [1.54, 1.807) is 12.1 Å². The van der Waals surface area contributed by atoms with Gasteiger partial charge in [-0.2, -0.15) is 0 Å². The third kappa shape index (κ3) is 4.46. The summed E-state index contributed by atoms with van der Waals surface area (Å²) in [7, 11) is 0. The van der Waals surface area contributed by atoms with Gasteiger partial charge in [0.25, 0.3) is 0 Å². The Hall–Kier alpha value is -2.38. The van der Waals surface area contributed by atoms with Crippen LogP contribution in [0.25, 0.3) is 0 Å². The van der Waals surface area contributed by atoms with Crippen LogP contribution in [0, 0.1) is 6.92 Å². The fourth-order valence-corrected chi connectivity index (χ4v) is 4.09. The number of urea groups is 1. The normalized spacial score (nSPS) is 17.2. The van der Waals surface area contributed by atoms with Crippen LogP contribution in [0.5, 0.6) is 0 Å². The molecule has 0 radical (unpaired) electrons. The first kappa shape index (κ1) is 19.9. The van der Waals surface area contributed by atoms with E-state index < -0.39 is 0 Å². The lowest BCUT2D eigenvalue weighted by Gasteiger charge is -2.37. The molecule has 3 heterocycles. The van der Waals surface area contributed by atoms with E-state index in [0.717, 1.165) is 67.7 Å². The number of anilines is 2. The fraction of sp³-hybridized carbons (Fsp3) is 0.476. The van der Waals surface area contributed by atoms with Gasteiger partial charge < -0.3 is 20.0 Å². The molecule has 2 aromatic rings. The summed E-state index contributed by atoms with van der Waals surface area (Å²) in [6.45, 7) is 10.4. The summed E-state index contributed by atoms with van der Waals surface area (Å²) in [5.41, 5.74) is 2.89. The second-order valence-corrected chi connectivity index (χ2v) is 7.99. The first-order valence-electron chi connectivity index (χ1n) is 10.2. The van der Waals surface area contributed by atoms with Gasteiger partial charge in [-0.25, -0.2) is 14.8 Å². The molecule has 0 bridgehead atoms. The third-order valence-electron chi connectivity index (χ3n) is 5.65. The highest BCUT2D eigenvalue weighted by atomic mass is 35.5. The molecule has 0 unspecified atom stereocenters. The van der Waals surface area contributed by atoms with Crippen LogP contribution in [-0.2, 0) is 13.0 Å². The van der Waals surface area contributed by atoms with Crippen LogP contribution in [0.4, 0.5) is 16.3 Å². The molecule has 0 saturated carbocycles. The van der Waals surface area contributed by atoms with Crippen LogP contribution in [0.1, 0.15) is 24.0 Å². The number of carbonyl (C=O) groups excluding carboxylic acids is 1. The molecule has 4 rings (SSSR count). The monoisotopic (exact) mass is 414 g/mol. The van der Waals surface area contributed by atoms with E-state index in [-0.39, 0.29) is 6.03 Å². The molecule has 2 amide bonds. The number of nitrogens with zero attached hydrogens (tertiary/aromatic N) is 5. The minimum atomic E-state index is -0.111. The second kappa shape index (κ2) is 8.55. The molecule has 1 N–H and O–H groups in total. The number of likely N-dealkylation sites (N-methyl/N-ethyl adjacent to an activating group) is 1. The number of hydrogen-bond acceptors (Lipinski definition) is 5. The third-order valence-corrected chi connectivity index (χ3v) is 5.90. The van der Waals surface area contributed by atoms with Gasteiger partial charge in [-0.15, -0.1) is 0 Å². The van der Waals surface area contributed by atoms with Gasteiger partial charge in [-0.1, -0.05) is 18.5 Å². The molecule has 154 valence electrons. The summed E-state index contributed by atoms with van der Waals surface area (Å²) in [6, 6.07) is 7.05. The molecule has 1 fully saturated rings. The van der Waals surface area contributed by atoms with Gasteiger partial charge in [0, 0.05) is 55.4 Å². The van der Waals surface area contributed by atoms with Crippen molar-refractivity contribution in [3.05, 3.63) is 46.4 Å². The van der Waals surface area contributed by atoms with Crippen LogP contribution in [0.3, 0.4) is 0 Å². The number of benzene rings is 1. The van der Waals surface area contributed by atoms with Crippen LogP contribution < -0.4 is 10.2 Å². The zero-order chi connectivity index (χ0) is 20.4. The van der Waals surface area contributed by atoms with Gasteiger partial charge in [-0.3, -0.25) is 0 Å². The predicted octanol–water partition coefficient (Wildman–Crippen LogP) is 3.17. The van der Waals surface area contributed by atoms with Crippen molar-refractivity contribution in [2.45, 2.75) is 26.8 Å². The van der Waals surface area contributed by atoms with Crippen molar-refractivity contribution >= 4 is 29.1 Å². The number of nitrogens with one attached hydrogen (secondary N) is 1. The lowest BCUT2D eigenvalue weighted by Crippen LogP contribution is -2.47. The second-order valence-electron chi connectivity index (χ2n) is 7.55. The van der Waals surface area contributed by atoms with Crippen molar-refractivity contribution in [1.29, 1.82) is 0 Å². The van der Waals surface area contributed by atoms with Gasteiger partial charge in [0.05, 0.1) is 12.2 Å². The number of amides is 2. The SMILES string of the molecule is CCN1CCN(c2nc(C)nc3c2CN(C(=O)Nc2ccc(Cl)cc2)CC3)CC1. The maximum atomic E-state index is 12.8. The molecule has 1 aromatic carbocycles. The van der Waals surface area contributed by atoms with Crippen LogP contribution in [0.2, 0.25) is 5.02 Å². The van der Waals surface area contributed by atoms with Gasteiger partial charge >= 0.3 is 6.03 Å². The van der Waals surface area contributed by atoms with Crippen molar-refractivity contribution in [2.75, 3.05) is 49.5 Å². The van der Waals surface area contributed by atoms with Crippen molar-refractivity contribution < 1.29 is 4.79 Å². The Bertz CT molecular complexity index is 879. The number of halogens is 1. The van der Waals surface area contributed by atoms with Crippen molar-refractivity contribution in [3.63, 3.8) is 0 Å². The highest BCUT2D eigenvalue weighted by molar-refractivity contribution is 6.30. The molecule has 0 spiro atoms. The lowest BCUT2D eigenvalue weighted by atomic mass is 10.1. The number of fused-ring (bicyclic) bond motifs is 1. The average molecular weight is 415 g/mol. The standard InChI is InChI=1S/C21H27ClN6O/c1-3-26-10-12-27(13-11-26)20-18-14-28(9-8-19(18)23-15(2)24-20)21(29)25-17-6-4-16(22)5-7-17/h4-7H,3,8-14H2,1-2H3,(H,25,29). The van der Waals surface area contributed by atoms with Crippen molar-refractivity contribution in [3.8, 4) is 0 Å². The summed E-state index contributed by atoms with van der Waals surface area (Å²) in [6.07, 6.45) is 0.745. The molecular formula is C21H27ClN6O. The maximum Gasteiger partial charge on any atom is 0.322 e. The number of rotatable bonds is 3. The number of aromatic nitrogens is 2. The molecule has 2 aliphatic rings. The van der Waals surface area contributed by atoms with Gasteiger partial charge in [0.1, 0.15) is 11.6 Å². The Labute approximate surface area is 176 Å². The maximum absolute atomic E-state index is 12.8. The number of carbonyl (C=O) groups is 1. The number of piperazine rings is 1. The van der Waals surface area contributed by atoms with E-state index in [1.807, 2.05) is 24.0 Å². The minimum Gasteiger partial charge on any atom is -0.354 e. The lowest BCUT2D eigenvalue weighted by molar-refractivity contribution is 0.205. The largest absolute Gasteiger partial charge is 0.354 e. The molecule has 7 nitrogen and oxygen atoms in total. The van der Waals surface area contributed by atoms with E-state index in [9.17, 15) is 4.79 Å². The molecule has 1 aromatic heterocycles.